The number of carboxylic acid groups (broad SMARTS) is 1. The lowest BCUT2D eigenvalue weighted by molar-refractivity contribution is -0.142. The summed E-state index contributed by atoms with van der Waals surface area (Å²) in [5.74, 6) is -1.24. The number of carbonyl (C=O) groups is 2. The molecule has 0 bridgehead atoms. The molecule has 0 heterocycles. The first-order valence-corrected chi connectivity index (χ1v) is 6.52. The van der Waals surface area contributed by atoms with Crippen LogP contribution in [-0.2, 0) is 4.79 Å². The van der Waals surface area contributed by atoms with Crippen molar-refractivity contribution < 1.29 is 14.7 Å². The van der Waals surface area contributed by atoms with Crippen LogP contribution in [0.4, 0.5) is 0 Å². The number of nitrogens with zero attached hydrogens (tertiary/aromatic N) is 1. The third kappa shape index (κ3) is 3.57. The molecular weight excluding hydrogens is 298 g/mol. The van der Waals surface area contributed by atoms with Crippen molar-refractivity contribution in [2.45, 2.75) is 25.8 Å². The van der Waals surface area contributed by atoms with Crippen LogP contribution in [0.5, 0.6) is 0 Å². The van der Waals surface area contributed by atoms with Crippen molar-refractivity contribution in [2.75, 3.05) is 7.05 Å². The molecule has 1 atom stereocenters. The second-order valence-electron chi connectivity index (χ2n) is 4.07. The van der Waals surface area contributed by atoms with Crippen LogP contribution in [-0.4, -0.2) is 35.0 Å². The minimum absolute atomic E-state index is 0.275. The average molecular weight is 314 g/mol. The number of rotatable bonds is 5. The van der Waals surface area contributed by atoms with Gasteiger partial charge in [-0.05, 0) is 30.7 Å². The predicted molar refractivity (Wildman–Crippen MR) is 72.6 cm³/mol. The Hall–Kier alpha value is -1.36. The van der Waals surface area contributed by atoms with Crippen LogP contribution < -0.4 is 0 Å². The molecule has 0 saturated carbocycles. The zero-order valence-electron chi connectivity index (χ0n) is 10.4. The maximum absolute atomic E-state index is 12.1. The lowest BCUT2D eigenvalue weighted by Crippen LogP contribution is -2.42. The number of hydrogen-bond acceptors (Lipinski definition) is 2. The Bertz CT molecular complexity index is 430. The summed E-state index contributed by atoms with van der Waals surface area (Å²) in [6.07, 6.45) is 1.17. The second-order valence-corrected chi connectivity index (χ2v) is 4.98. The van der Waals surface area contributed by atoms with Crippen molar-refractivity contribution in [3.05, 3.63) is 34.3 Å². The first kappa shape index (κ1) is 14.7. The van der Waals surface area contributed by atoms with Gasteiger partial charge in [-0.1, -0.05) is 29.3 Å². The highest BCUT2D eigenvalue weighted by molar-refractivity contribution is 9.10. The Kier molecular flexibility index (Phi) is 5.34. The molecular formula is C13H16BrNO3. The van der Waals surface area contributed by atoms with Crippen LogP contribution in [0.3, 0.4) is 0 Å². The fourth-order valence-electron chi connectivity index (χ4n) is 1.69. The van der Waals surface area contributed by atoms with E-state index in [2.05, 4.69) is 15.9 Å². The van der Waals surface area contributed by atoms with Gasteiger partial charge in [0.2, 0.25) is 0 Å². The molecule has 0 unspecified atom stereocenters. The van der Waals surface area contributed by atoms with Gasteiger partial charge in [0.15, 0.2) is 0 Å². The van der Waals surface area contributed by atoms with Crippen molar-refractivity contribution in [1.29, 1.82) is 0 Å². The fraction of sp³-hybridized carbons (Fsp3) is 0.385. The van der Waals surface area contributed by atoms with Crippen LogP contribution in [0.2, 0.25) is 0 Å². The first-order valence-electron chi connectivity index (χ1n) is 5.73. The number of hydrogen-bond donors (Lipinski definition) is 1. The maximum atomic E-state index is 12.1. The first-order chi connectivity index (χ1) is 8.47. The van der Waals surface area contributed by atoms with Crippen molar-refractivity contribution >= 4 is 27.8 Å². The number of likely N-dealkylation sites (N-methyl/N-ethyl adjacent to an activating group) is 1. The molecule has 0 aromatic heterocycles. The topological polar surface area (TPSA) is 57.6 Å². The summed E-state index contributed by atoms with van der Waals surface area (Å²) in [6.45, 7) is 1.90. The van der Waals surface area contributed by atoms with E-state index in [1.54, 1.807) is 24.3 Å². The molecule has 0 fully saturated rings. The van der Waals surface area contributed by atoms with Gasteiger partial charge in [0.05, 0.1) is 0 Å². The van der Waals surface area contributed by atoms with Gasteiger partial charge in [0, 0.05) is 17.1 Å². The fourth-order valence-corrected chi connectivity index (χ4v) is 1.96. The monoisotopic (exact) mass is 313 g/mol. The smallest absolute Gasteiger partial charge is 0.326 e. The highest BCUT2D eigenvalue weighted by Crippen LogP contribution is 2.14. The van der Waals surface area contributed by atoms with Crippen LogP contribution >= 0.6 is 15.9 Å². The van der Waals surface area contributed by atoms with Gasteiger partial charge >= 0.3 is 5.97 Å². The average Bonchev–Trinajstić information content (AvgIpc) is 2.35. The molecule has 4 nitrogen and oxygen atoms in total. The Morgan fingerprint density at radius 1 is 1.33 bits per heavy atom. The van der Waals surface area contributed by atoms with Crippen LogP contribution in [0.1, 0.15) is 30.1 Å². The standard InChI is InChI=1S/C13H16BrNO3/c1-3-4-11(13(17)18)15(2)12(16)9-5-7-10(14)8-6-9/h5-8,11H,3-4H2,1-2H3,(H,17,18)/t11-/m0/s1. The van der Waals surface area contributed by atoms with Gasteiger partial charge in [-0.3, -0.25) is 4.79 Å². The number of amides is 1. The largest absolute Gasteiger partial charge is 0.480 e. The van der Waals surface area contributed by atoms with E-state index in [1.165, 1.54) is 11.9 Å². The van der Waals surface area contributed by atoms with Gasteiger partial charge in [0.25, 0.3) is 5.91 Å². The number of halogens is 1. The lowest BCUT2D eigenvalue weighted by atomic mass is 10.1. The SMILES string of the molecule is CCC[C@@H](C(=O)O)N(C)C(=O)c1ccc(Br)cc1. The zero-order chi connectivity index (χ0) is 13.7. The summed E-state index contributed by atoms with van der Waals surface area (Å²) in [4.78, 5) is 24.5. The van der Waals surface area contributed by atoms with E-state index in [4.69, 9.17) is 5.11 Å². The molecule has 0 aliphatic rings. The highest BCUT2D eigenvalue weighted by atomic mass is 79.9. The number of carboxylic acids is 1. The van der Waals surface area contributed by atoms with Crippen LogP contribution in [0.25, 0.3) is 0 Å². The molecule has 5 heteroatoms. The Morgan fingerprint density at radius 2 is 1.89 bits per heavy atom. The van der Waals surface area contributed by atoms with Crippen molar-refractivity contribution in [2.24, 2.45) is 0 Å². The van der Waals surface area contributed by atoms with Crippen LogP contribution in [0.15, 0.2) is 28.7 Å². The predicted octanol–water partition coefficient (Wildman–Crippen LogP) is 2.77. The Morgan fingerprint density at radius 3 is 2.33 bits per heavy atom. The van der Waals surface area contributed by atoms with E-state index in [0.29, 0.717) is 12.0 Å². The molecule has 1 N–H and O–H groups in total. The third-order valence-corrected chi connectivity index (χ3v) is 3.25. The zero-order valence-corrected chi connectivity index (χ0v) is 12.0. The van der Waals surface area contributed by atoms with E-state index in [1.807, 2.05) is 6.92 Å². The van der Waals surface area contributed by atoms with Gasteiger partial charge in [-0.25, -0.2) is 4.79 Å². The quantitative estimate of drug-likeness (QED) is 0.909. The number of aliphatic carboxylic acids is 1. The molecule has 18 heavy (non-hydrogen) atoms. The number of carbonyl (C=O) groups excluding carboxylic acids is 1. The van der Waals surface area contributed by atoms with Gasteiger partial charge in [-0.15, -0.1) is 0 Å². The molecule has 98 valence electrons. The number of benzene rings is 1. The van der Waals surface area contributed by atoms with E-state index in [-0.39, 0.29) is 5.91 Å². The molecule has 1 aromatic rings. The summed E-state index contributed by atoms with van der Waals surface area (Å²) in [5.41, 5.74) is 0.489. The van der Waals surface area contributed by atoms with Crippen molar-refractivity contribution in [3.8, 4) is 0 Å². The van der Waals surface area contributed by atoms with Crippen LogP contribution in [0, 0.1) is 0 Å². The molecule has 0 aliphatic heterocycles. The summed E-state index contributed by atoms with van der Waals surface area (Å²) < 4.78 is 0.880. The molecule has 1 rings (SSSR count). The summed E-state index contributed by atoms with van der Waals surface area (Å²) in [5, 5.41) is 9.11. The minimum atomic E-state index is -0.968. The lowest BCUT2D eigenvalue weighted by Gasteiger charge is -2.24. The van der Waals surface area contributed by atoms with Gasteiger partial charge in [0.1, 0.15) is 6.04 Å². The highest BCUT2D eigenvalue weighted by Gasteiger charge is 2.26. The Labute approximate surface area is 115 Å². The molecule has 0 aliphatic carbocycles. The Balaban J connectivity index is 2.87. The third-order valence-electron chi connectivity index (χ3n) is 2.73. The van der Waals surface area contributed by atoms with E-state index in [9.17, 15) is 9.59 Å². The maximum Gasteiger partial charge on any atom is 0.326 e. The normalized spacial score (nSPS) is 11.9. The van der Waals surface area contributed by atoms with E-state index >= 15 is 0 Å². The van der Waals surface area contributed by atoms with Gasteiger partial charge < -0.3 is 10.0 Å². The summed E-state index contributed by atoms with van der Waals surface area (Å²) >= 11 is 3.29. The van der Waals surface area contributed by atoms with Crippen molar-refractivity contribution in [1.82, 2.24) is 4.90 Å². The summed E-state index contributed by atoms with van der Waals surface area (Å²) in [6, 6.07) is 6.10. The van der Waals surface area contributed by atoms with E-state index in [0.717, 1.165) is 10.9 Å². The molecule has 0 radical (unpaired) electrons. The second kappa shape index (κ2) is 6.54. The molecule has 0 spiro atoms. The molecule has 0 saturated heterocycles. The summed E-state index contributed by atoms with van der Waals surface area (Å²) in [7, 11) is 1.53. The van der Waals surface area contributed by atoms with Crippen molar-refractivity contribution in [3.63, 3.8) is 0 Å². The molecule has 1 aromatic carbocycles. The minimum Gasteiger partial charge on any atom is -0.480 e. The molecule has 1 amide bonds. The van der Waals surface area contributed by atoms with Gasteiger partial charge in [-0.2, -0.15) is 0 Å². The van der Waals surface area contributed by atoms with E-state index < -0.39 is 12.0 Å².